The van der Waals surface area contributed by atoms with E-state index in [1.54, 1.807) is 31.2 Å². The van der Waals surface area contributed by atoms with Crippen LogP contribution in [0.15, 0.2) is 29.2 Å². The summed E-state index contributed by atoms with van der Waals surface area (Å²) in [5.74, 6) is -0.401. The number of sulfone groups is 1. The molecule has 0 spiro atoms. The van der Waals surface area contributed by atoms with Gasteiger partial charge in [-0.15, -0.1) is 0 Å². The van der Waals surface area contributed by atoms with Gasteiger partial charge in [-0.2, -0.15) is 0 Å². The first kappa shape index (κ1) is 13.1. The highest BCUT2D eigenvalue weighted by Crippen LogP contribution is 2.66. The van der Waals surface area contributed by atoms with Gasteiger partial charge in [-0.1, -0.05) is 34.1 Å². The number of hydrogen-bond acceptors (Lipinski definition) is 4. The molecule has 0 bridgehead atoms. The maximum absolute atomic E-state index is 12.5. The van der Waals surface area contributed by atoms with Crippen molar-refractivity contribution in [2.75, 3.05) is 0 Å². The van der Waals surface area contributed by atoms with Crippen LogP contribution in [0.4, 0.5) is 0 Å². The molecule has 3 rings (SSSR count). The molecule has 1 heterocycles. The van der Waals surface area contributed by atoms with E-state index in [1.807, 2.05) is 0 Å². The molecule has 1 aromatic rings. The van der Waals surface area contributed by atoms with Gasteiger partial charge in [0.1, 0.15) is 9.93 Å². The molecule has 1 fully saturated rings. The SMILES string of the molecule is CC(=O)O[C@]1(C)C[C@@H]2[C@@]1(Br)c1ccccc1S2(=O)=O. The summed E-state index contributed by atoms with van der Waals surface area (Å²) < 4.78 is 29.5. The highest BCUT2D eigenvalue weighted by atomic mass is 79.9. The minimum absolute atomic E-state index is 0.314. The predicted molar refractivity (Wildman–Crippen MR) is 72.8 cm³/mol. The number of esters is 1. The number of fused-ring (bicyclic) bond motifs is 3. The first-order chi connectivity index (χ1) is 8.73. The molecule has 1 aliphatic carbocycles. The highest BCUT2D eigenvalue weighted by Gasteiger charge is 2.74. The van der Waals surface area contributed by atoms with Crippen molar-refractivity contribution < 1.29 is 17.9 Å². The lowest BCUT2D eigenvalue weighted by atomic mass is 9.66. The summed E-state index contributed by atoms with van der Waals surface area (Å²) in [5.41, 5.74) is -0.140. The number of carbonyl (C=O) groups excluding carboxylic acids is 1. The van der Waals surface area contributed by atoms with E-state index < -0.39 is 31.0 Å². The molecule has 0 radical (unpaired) electrons. The fraction of sp³-hybridized carbons (Fsp3) is 0.462. The lowest BCUT2D eigenvalue weighted by Crippen LogP contribution is -2.65. The maximum Gasteiger partial charge on any atom is 0.303 e. The molecule has 3 atom stereocenters. The van der Waals surface area contributed by atoms with Crippen LogP contribution in [0, 0.1) is 0 Å². The second kappa shape index (κ2) is 3.61. The number of benzene rings is 1. The van der Waals surface area contributed by atoms with Gasteiger partial charge >= 0.3 is 5.97 Å². The van der Waals surface area contributed by atoms with E-state index in [9.17, 15) is 13.2 Å². The summed E-state index contributed by atoms with van der Waals surface area (Å²) in [6.45, 7) is 3.11. The van der Waals surface area contributed by atoms with Crippen molar-refractivity contribution in [3.05, 3.63) is 29.8 Å². The first-order valence-corrected chi connectivity index (χ1v) is 8.29. The molecule has 19 heavy (non-hydrogen) atoms. The number of rotatable bonds is 1. The topological polar surface area (TPSA) is 60.4 Å². The maximum atomic E-state index is 12.5. The van der Waals surface area contributed by atoms with Crippen molar-refractivity contribution >= 4 is 31.7 Å². The first-order valence-electron chi connectivity index (χ1n) is 5.95. The summed E-state index contributed by atoms with van der Waals surface area (Å²) >= 11 is 3.56. The van der Waals surface area contributed by atoms with Gasteiger partial charge < -0.3 is 4.74 Å². The molecule has 1 aliphatic heterocycles. The van der Waals surface area contributed by atoms with Gasteiger partial charge in [0.2, 0.25) is 0 Å². The molecule has 1 aromatic carbocycles. The van der Waals surface area contributed by atoms with Crippen LogP contribution < -0.4 is 0 Å². The Morgan fingerprint density at radius 2 is 2.05 bits per heavy atom. The van der Waals surface area contributed by atoms with Crippen LogP contribution in [0.5, 0.6) is 0 Å². The Morgan fingerprint density at radius 3 is 2.68 bits per heavy atom. The molecule has 2 aliphatic rings. The van der Waals surface area contributed by atoms with E-state index >= 15 is 0 Å². The van der Waals surface area contributed by atoms with Gasteiger partial charge in [-0.3, -0.25) is 4.79 Å². The Morgan fingerprint density at radius 1 is 1.42 bits per heavy atom. The number of alkyl halides is 1. The van der Waals surface area contributed by atoms with Crippen LogP contribution in [0.2, 0.25) is 0 Å². The van der Waals surface area contributed by atoms with Crippen LogP contribution in [-0.2, 0) is 23.7 Å². The van der Waals surface area contributed by atoms with Crippen LogP contribution >= 0.6 is 15.9 Å². The Bertz CT molecular complexity index is 684. The zero-order chi connectivity index (χ0) is 14.1. The normalized spacial score (nSPS) is 37.9. The van der Waals surface area contributed by atoms with Crippen molar-refractivity contribution in [1.29, 1.82) is 0 Å². The molecule has 6 heteroatoms. The van der Waals surface area contributed by atoms with Gasteiger partial charge in [-0.05, 0) is 18.6 Å². The van der Waals surface area contributed by atoms with Crippen molar-refractivity contribution in [2.24, 2.45) is 0 Å². The third kappa shape index (κ3) is 1.39. The largest absolute Gasteiger partial charge is 0.458 e. The van der Waals surface area contributed by atoms with Crippen molar-refractivity contribution in [1.82, 2.24) is 0 Å². The Kier molecular flexibility index (Phi) is 2.49. The zero-order valence-electron chi connectivity index (χ0n) is 10.5. The summed E-state index contributed by atoms with van der Waals surface area (Å²) in [5, 5.41) is -0.568. The van der Waals surface area contributed by atoms with Crippen LogP contribution in [-0.4, -0.2) is 25.2 Å². The number of carbonyl (C=O) groups is 1. The lowest BCUT2D eigenvalue weighted by Gasteiger charge is -2.54. The minimum atomic E-state index is -3.35. The van der Waals surface area contributed by atoms with Crippen molar-refractivity contribution in [3.63, 3.8) is 0 Å². The van der Waals surface area contributed by atoms with Gasteiger partial charge in [0.15, 0.2) is 9.84 Å². The summed E-state index contributed by atoms with van der Waals surface area (Å²) in [7, 11) is -3.35. The van der Waals surface area contributed by atoms with E-state index in [0.717, 1.165) is 0 Å². The summed E-state index contributed by atoms with van der Waals surface area (Å²) in [6.07, 6.45) is 0.314. The van der Waals surface area contributed by atoms with Crippen molar-refractivity contribution in [2.45, 2.75) is 40.3 Å². The number of halogens is 1. The molecule has 102 valence electrons. The lowest BCUT2D eigenvalue weighted by molar-refractivity contribution is -0.169. The van der Waals surface area contributed by atoms with E-state index in [2.05, 4.69) is 15.9 Å². The van der Waals surface area contributed by atoms with E-state index in [0.29, 0.717) is 16.9 Å². The van der Waals surface area contributed by atoms with Crippen LogP contribution in [0.1, 0.15) is 25.8 Å². The molecular weight excluding hydrogens is 332 g/mol. The monoisotopic (exact) mass is 344 g/mol. The molecule has 0 unspecified atom stereocenters. The number of ether oxygens (including phenoxy) is 1. The molecule has 0 N–H and O–H groups in total. The van der Waals surface area contributed by atoms with Gasteiger partial charge in [-0.25, -0.2) is 8.42 Å². The Labute approximate surface area is 120 Å². The standard InChI is InChI=1S/C13H13BrO4S/c1-8(15)18-12(2)7-11-13(12,14)9-5-3-4-6-10(9)19(11,16)17/h3-6,11H,7H2,1-2H3/t11-,12-,13+/m1/s1. The van der Waals surface area contributed by atoms with Gasteiger partial charge in [0, 0.05) is 13.3 Å². The highest BCUT2D eigenvalue weighted by molar-refractivity contribution is 9.09. The van der Waals surface area contributed by atoms with Gasteiger partial charge in [0.25, 0.3) is 0 Å². The molecule has 4 nitrogen and oxygen atoms in total. The second-order valence-corrected chi connectivity index (χ2v) is 8.62. The fourth-order valence-corrected chi connectivity index (χ4v) is 7.31. The predicted octanol–water partition coefficient (Wildman–Crippen LogP) is 2.16. The zero-order valence-corrected chi connectivity index (χ0v) is 12.9. The fourth-order valence-electron chi connectivity index (χ4n) is 3.24. The molecule has 0 amide bonds. The summed E-state index contributed by atoms with van der Waals surface area (Å²) in [4.78, 5) is 11.6. The van der Waals surface area contributed by atoms with E-state index in [1.165, 1.54) is 6.92 Å². The van der Waals surface area contributed by atoms with Crippen LogP contribution in [0.25, 0.3) is 0 Å². The smallest absolute Gasteiger partial charge is 0.303 e. The Hall–Kier alpha value is -0.880. The molecule has 1 saturated carbocycles. The van der Waals surface area contributed by atoms with Crippen molar-refractivity contribution in [3.8, 4) is 0 Å². The summed E-state index contributed by atoms with van der Waals surface area (Å²) in [6, 6.07) is 6.90. The molecule has 0 aromatic heterocycles. The third-order valence-electron chi connectivity index (χ3n) is 4.12. The second-order valence-electron chi connectivity index (χ2n) is 5.27. The quantitative estimate of drug-likeness (QED) is 0.578. The minimum Gasteiger partial charge on any atom is -0.458 e. The molecule has 0 saturated heterocycles. The van der Waals surface area contributed by atoms with Gasteiger partial charge in [0.05, 0.1) is 10.1 Å². The average molecular weight is 345 g/mol. The average Bonchev–Trinajstić information content (AvgIpc) is 2.47. The molecular formula is C13H13BrO4S. The third-order valence-corrected chi connectivity index (χ3v) is 8.48. The Balaban J connectivity index is 2.20. The van der Waals surface area contributed by atoms with E-state index in [-0.39, 0.29) is 0 Å². The van der Waals surface area contributed by atoms with E-state index in [4.69, 9.17) is 4.74 Å². The van der Waals surface area contributed by atoms with Crippen LogP contribution in [0.3, 0.4) is 0 Å². The number of hydrogen-bond donors (Lipinski definition) is 0.